The monoisotopic (exact) mass is 1200 g/mol. The van der Waals surface area contributed by atoms with Gasteiger partial charge in [0.05, 0.1) is 0 Å². The van der Waals surface area contributed by atoms with Gasteiger partial charge < -0.3 is 9.80 Å². The highest BCUT2D eigenvalue weighted by Gasteiger charge is 2.23. The van der Waals surface area contributed by atoms with E-state index in [-0.39, 0.29) is 10.8 Å². The summed E-state index contributed by atoms with van der Waals surface area (Å²) >= 11 is 0. The van der Waals surface area contributed by atoms with E-state index in [0.29, 0.717) is 0 Å². The number of hydrogen-bond acceptors (Lipinski definition) is 2. The molecule has 0 unspecified atom stereocenters. The van der Waals surface area contributed by atoms with E-state index in [9.17, 15) is 0 Å². The fraction of sp³-hybridized carbons (Fsp3) is 0.267. The Hall–Kier alpha value is -8.98. The molecule has 0 heterocycles. The first-order valence-corrected chi connectivity index (χ1v) is 34.2. The second-order valence-electron chi connectivity index (χ2n) is 27.9. The quantitative estimate of drug-likeness (QED) is 0.0624. The molecule has 11 aromatic carbocycles. The summed E-state index contributed by atoms with van der Waals surface area (Å²) in [5.41, 5.74) is 32.9. The number of nitrogens with zero attached hydrogens (tertiary/aromatic N) is 2. The summed E-state index contributed by atoms with van der Waals surface area (Å²) in [5.74, 6) is 0. The van der Waals surface area contributed by atoms with Crippen molar-refractivity contribution in [3.63, 3.8) is 0 Å². The zero-order valence-electron chi connectivity index (χ0n) is 57.1. The minimum atomic E-state index is 0.103. The van der Waals surface area contributed by atoms with Gasteiger partial charge in [-0.1, -0.05) is 264 Å². The number of hydrogen-bond donors (Lipinski definition) is 0. The molecule has 0 N–H and O–H groups in total. The Kier molecular flexibility index (Phi) is 20.1. The first-order valence-electron chi connectivity index (χ1n) is 34.2. The van der Waals surface area contributed by atoms with Crippen LogP contribution < -0.4 is 9.80 Å². The lowest BCUT2D eigenvalue weighted by atomic mass is 9.84. The Labute approximate surface area is 552 Å². The van der Waals surface area contributed by atoms with Crippen molar-refractivity contribution in [1.29, 1.82) is 0 Å². The van der Waals surface area contributed by atoms with Crippen molar-refractivity contribution in [2.45, 2.75) is 158 Å². The maximum Gasteiger partial charge on any atom is 0.0464 e. The van der Waals surface area contributed by atoms with E-state index in [2.05, 4.69) is 336 Å². The average Bonchev–Trinajstić information content (AvgIpc) is 0.811. The molecular formula is C90H96N2. The summed E-state index contributed by atoms with van der Waals surface area (Å²) in [5, 5.41) is 0. The Morgan fingerprint density at radius 2 is 0.533 bits per heavy atom. The molecule has 92 heavy (non-hydrogen) atoms. The highest BCUT2D eigenvalue weighted by atomic mass is 15.1. The van der Waals surface area contributed by atoms with E-state index in [1.54, 1.807) is 0 Å². The molecule has 0 radical (unpaired) electrons. The van der Waals surface area contributed by atoms with Crippen LogP contribution in [0.2, 0.25) is 0 Å². The predicted octanol–water partition coefficient (Wildman–Crippen LogP) is 26.7. The van der Waals surface area contributed by atoms with Crippen LogP contribution in [0.4, 0.5) is 34.1 Å². The molecule has 2 nitrogen and oxygen atoms in total. The highest BCUT2D eigenvalue weighted by molar-refractivity contribution is 5.87. The van der Waals surface area contributed by atoms with Crippen LogP contribution >= 0.6 is 0 Å². The SMILES string of the molecule is CCCCCCc1cc(-c2ccc(N(c3ccc(-c4ccc(C(C)(C)C)cc4)cc3)c3ccc(-c4ccccc4)c(C)c3)cc2C)c(CCCCCC)cc1-c1ccc(N(c2ccc(-c3ccc(C(C)(C)C)cc3)cc2)c2ccc(-c3ccccc3)c(C)c2)cc1C. The van der Waals surface area contributed by atoms with E-state index in [0.717, 1.165) is 59.8 Å². The first-order chi connectivity index (χ1) is 44.4. The van der Waals surface area contributed by atoms with Crippen molar-refractivity contribution >= 4 is 34.1 Å². The smallest absolute Gasteiger partial charge is 0.0464 e. The molecule has 0 aromatic heterocycles. The number of rotatable bonds is 22. The van der Waals surface area contributed by atoms with E-state index in [4.69, 9.17) is 0 Å². The topological polar surface area (TPSA) is 6.48 Å². The Morgan fingerprint density at radius 1 is 0.250 bits per heavy atom. The van der Waals surface area contributed by atoms with Gasteiger partial charge in [0.1, 0.15) is 0 Å². The second-order valence-corrected chi connectivity index (χ2v) is 27.9. The van der Waals surface area contributed by atoms with Gasteiger partial charge in [-0.15, -0.1) is 0 Å². The van der Waals surface area contributed by atoms with Gasteiger partial charge >= 0.3 is 0 Å². The summed E-state index contributed by atoms with van der Waals surface area (Å²) in [7, 11) is 0. The third-order valence-corrected chi connectivity index (χ3v) is 19.0. The minimum Gasteiger partial charge on any atom is -0.310 e. The summed E-state index contributed by atoms with van der Waals surface area (Å²) in [4.78, 5) is 4.91. The van der Waals surface area contributed by atoms with Crippen LogP contribution in [0, 0.1) is 27.7 Å². The summed E-state index contributed by atoms with van der Waals surface area (Å²) < 4.78 is 0. The number of aryl methyl sites for hydroxylation is 6. The van der Waals surface area contributed by atoms with Crippen molar-refractivity contribution in [3.8, 4) is 66.8 Å². The van der Waals surface area contributed by atoms with Gasteiger partial charge in [0.25, 0.3) is 0 Å². The molecule has 0 saturated carbocycles. The molecule has 0 aliphatic carbocycles. The predicted molar refractivity (Wildman–Crippen MR) is 400 cm³/mol. The molecule has 2 heteroatoms. The third-order valence-electron chi connectivity index (χ3n) is 19.0. The fourth-order valence-electron chi connectivity index (χ4n) is 13.5. The van der Waals surface area contributed by atoms with Gasteiger partial charge in [-0.3, -0.25) is 0 Å². The lowest BCUT2D eigenvalue weighted by Crippen LogP contribution is -2.11. The maximum absolute atomic E-state index is 2.61. The van der Waals surface area contributed by atoms with Gasteiger partial charge in [0, 0.05) is 34.1 Å². The van der Waals surface area contributed by atoms with Gasteiger partial charge in [-0.05, 0) is 248 Å². The van der Waals surface area contributed by atoms with Gasteiger partial charge in [-0.25, -0.2) is 0 Å². The van der Waals surface area contributed by atoms with Gasteiger partial charge in [0.15, 0.2) is 0 Å². The number of benzene rings is 11. The van der Waals surface area contributed by atoms with Gasteiger partial charge in [0.2, 0.25) is 0 Å². The van der Waals surface area contributed by atoms with Crippen molar-refractivity contribution < 1.29 is 0 Å². The van der Waals surface area contributed by atoms with Crippen LogP contribution in [0.15, 0.2) is 243 Å². The summed E-state index contributed by atoms with van der Waals surface area (Å²) in [6, 6.07) is 91.8. The first kappa shape index (κ1) is 64.5. The molecule has 0 amide bonds. The fourth-order valence-corrected chi connectivity index (χ4v) is 13.5. The Bertz CT molecular complexity index is 3970. The van der Waals surface area contributed by atoms with Crippen molar-refractivity contribution in [3.05, 3.63) is 287 Å². The molecule has 0 spiro atoms. The van der Waals surface area contributed by atoms with Crippen LogP contribution in [-0.2, 0) is 23.7 Å². The Balaban J connectivity index is 0.991. The number of anilines is 6. The molecule has 0 saturated heterocycles. The molecule has 11 aromatic rings. The zero-order valence-corrected chi connectivity index (χ0v) is 57.1. The van der Waals surface area contributed by atoms with E-state index in [1.165, 1.54) is 150 Å². The van der Waals surface area contributed by atoms with E-state index >= 15 is 0 Å². The normalized spacial score (nSPS) is 11.7. The average molecular weight is 1210 g/mol. The van der Waals surface area contributed by atoms with Crippen LogP contribution in [-0.4, -0.2) is 0 Å². The van der Waals surface area contributed by atoms with E-state index < -0.39 is 0 Å². The zero-order chi connectivity index (χ0) is 64.5. The largest absolute Gasteiger partial charge is 0.310 e. The molecular weight excluding hydrogens is 1110 g/mol. The standard InChI is InChI=1S/C90H96N2/c1-13-15-17-21-31-73-61-88(86-56-52-82(60-66(86)6)92(80-50-54-84(64(4)58-80)72-29-25-20-26-30-72)78-47-39-70(40-48-78)68-35-43-76(44-36-68)90(10,11)12)74(32-22-18-16-14-2)62-87(73)85-55-51-81(59-65(85)5)91(79-49-53-83(63(3)57-79)71-27-23-19-24-28-71)77-45-37-69(38-46-77)67-33-41-75(42-34-67)89(7,8)9/h19-20,23-30,33-62H,13-18,21-22,31-32H2,1-12H3. The highest BCUT2D eigenvalue weighted by Crippen LogP contribution is 2.45. The molecule has 466 valence electrons. The third kappa shape index (κ3) is 14.8. The van der Waals surface area contributed by atoms with Gasteiger partial charge in [-0.2, -0.15) is 0 Å². The molecule has 0 aliphatic heterocycles. The molecule has 0 atom stereocenters. The Morgan fingerprint density at radius 3 is 0.815 bits per heavy atom. The number of unbranched alkanes of at least 4 members (excludes halogenated alkanes) is 6. The molecule has 0 fully saturated rings. The second kappa shape index (κ2) is 28.7. The molecule has 0 aliphatic rings. The minimum absolute atomic E-state index is 0.103. The van der Waals surface area contributed by atoms with Crippen LogP contribution in [0.5, 0.6) is 0 Å². The van der Waals surface area contributed by atoms with Crippen molar-refractivity contribution in [2.24, 2.45) is 0 Å². The molecule has 0 bridgehead atoms. The summed E-state index contributed by atoms with van der Waals surface area (Å²) in [6.45, 7) is 27.5. The van der Waals surface area contributed by atoms with Crippen LogP contribution in [0.1, 0.15) is 151 Å². The van der Waals surface area contributed by atoms with Crippen LogP contribution in [0.25, 0.3) is 66.8 Å². The lowest BCUT2D eigenvalue weighted by molar-refractivity contribution is 0.590. The summed E-state index contributed by atoms with van der Waals surface area (Å²) in [6.07, 6.45) is 11.7. The van der Waals surface area contributed by atoms with Crippen molar-refractivity contribution in [2.75, 3.05) is 9.80 Å². The molecule has 11 rings (SSSR count). The van der Waals surface area contributed by atoms with Crippen molar-refractivity contribution in [1.82, 2.24) is 0 Å². The lowest BCUT2D eigenvalue weighted by Gasteiger charge is -2.28. The maximum atomic E-state index is 2.61. The van der Waals surface area contributed by atoms with Crippen LogP contribution in [0.3, 0.4) is 0 Å². The van der Waals surface area contributed by atoms with E-state index in [1.807, 2.05) is 0 Å².